The lowest BCUT2D eigenvalue weighted by molar-refractivity contribution is 0.511. The highest BCUT2D eigenvalue weighted by Crippen LogP contribution is 2.09. The summed E-state index contributed by atoms with van der Waals surface area (Å²) in [5, 5.41) is 3.46. The average molecular weight is 248 g/mol. The standard InChI is InChI=1S/C16H28N2/c1-14(2)8-6-4-5-7-11-17-13-16-10-9-15(3)12-18-16/h9-10,12,14,17H,4-8,11,13H2,1-3H3. The van der Waals surface area contributed by atoms with Gasteiger partial charge in [-0.25, -0.2) is 0 Å². The first-order valence-corrected chi connectivity index (χ1v) is 7.30. The maximum Gasteiger partial charge on any atom is 0.0541 e. The highest BCUT2D eigenvalue weighted by atomic mass is 14.9. The van der Waals surface area contributed by atoms with Crippen molar-refractivity contribution in [3.05, 3.63) is 29.6 Å². The van der Waals surface area contributed by atoms with Crippen LogP contribution >= 0.6 is 0 Å². The Bertz CT molecular complexity index is 303. The van der Waals surface area contributed by atoms with Crippen LogP contribution in [0.1, 0.15) is 57.2 Å². The van der Waals surface area contributed by atoms with E-state index in [1.807, 2.05) is 6.20 Å². The predicted molar refractivity (Wildman–Crippen MR) is 78.6 cm³/mol. The van der Waals surface area contributed by atoms with E-state index in [1.54, 1.807) is 0 Å². The molecule has 1 aromatic rings. The molecule has 0 radical (unpaired) electrons. The fraction of sp³-hybridized carbons (Fsp3) is 0.688. The van der Waals surface area contributed by atoms with E-state index in [1.165, 1.54) is 37.7 Å². The van der Waals surface area contributed by atoms with E-state index in [0.717, 1.165) is 24.7 Å². The lowest BCUT2D eigenvalue weighted by atomic mass is 10.0. The minimum Gasteiger partial charge on any atom is -0.311 e. The topological polar surface area (TPSA) is 24.9 Å². The highest BCUT2D eigenvalue weighted by Gasteiger charge is 1.96. The zero-order chi connectivity index (χ0) is 13.2. The molecule has 0 saturated carbocycles. The number of unbranched alkanes of at least 4 members (excludes halogenated alkanes) is 3. The molecule has 0 aliphatic carbocycles. The second-order valence-corrected chi connectivity index (χ2v) is 5.60. The third-order valence-corrected chi connectivity index (χ3v) is 3.16. The molecule has 1 rings (SSSR count). The molecular formula is C16H28N2. The molecule has 0 saturated heterocycles. The molecule has 2 nitrogen and oxygen atoms in total. The SMILES string of the molecule is Cc1ccc(CNCCCCCCC(C)C)nc1. The van der Waals surface area contributed by atoms with Crippen molar-refractivity contribution >= 4 is 0 Å². The molecule has 0 bridgehead atoms. The van der Waals surface area contributed by atoms with Crippen LogP contribution in [-0.4, -0.2) is 11.5 Å². The van der Waals surface area contributed by atoms with Crippen molar-refractivity contribution in [2.24, 2.45) is 5.92 Å². The number of aromatic nitrogens is 1. The van der Waals surface area contributed by atoms with E-state index in [-0.39, 0.29) is 0 Å². The van der Waals surface area contributed by atoms with E-state index in [2.05, 4.69) is 43.2 Å². The van der Waals surface area contributed by atoms with Gasteiger partial charge in [0, 0.05) is 12.7 Å². The summed E-state index contributed by atoms with van der Waals surface area (Å²) in [5.41, 5.74) is 2.37. The zero-order valence-electron chi connectivity index (χ0n) is 12.2. The predicted octanol–water partition coefficient (Wildman–Crippen LogP) is 4.09. The quantitative estimate of drug-likeness (QED) is 0.666. The normalized spacial score (nSPS) is 11.1. The average Bonchev–Trinajstić information content (AvgIpc) is 2.34. The van der Waals surface area contributed by atoms with Crippen LogP contribution < -0.4 is 5.32 Å². The summed E-state index contributed by atoms with van der Waals surface area (Å²) in [6.45, 7) is 8.68. The van der Waals surface area contributed by atoms with E-state index < -0.39 is 0 Å². The number of hydrogen-bond donors (Lipinski definition) is 1. The van der Waals surface area contributed by atoms with Gasteiger partial charge in [-0.15, -0.1) is 0 Å². The molecule has 0 fully saturated rings. The van der Waals surface area contributed by atoms with E-state index in [4.69, 9.17) is 0 Å². The van der Waals surface area contributed by atoms with E-state index in [0.29, 0.717) is 0 Å². The number of pyridine rings is 1. The van der Waals surface area contributed by atoms with Crippen LogP contribution in [0.4, 0.5) is 0 Å². The van der Waals surface area contributed by atoms with Gasteiger partial charge in [0.1, 0.15) is 0 Å². The molecule has 1 heterocycles. The van der Waals surface area contributed by atoms with Crippen molar-refractivity contribution in [3.8, 4) is 0 Å². The van der Waals surface area contributed by atoms with Gasteiger partial charge in [-0.1, -0.05) is 45.6 Å². The first kappa shape index (κ1) is 15.2. The van der Waals surface area contributed by atoms with Gasteiger partial charge in [-0.05, 0) is 37.4 Å². The third-order valence-electron chi connectivity index (χ3n) is 3.16. The maximum absolute atomic E-state index is 4.38. The smallest absolute Gasteiger partial charge is 0.0541 e. The van der Waals surface area contributed by atoms with Crippen LogP contribution in [0.2, 0.25) is 0 Å². The van der Waals surface area contributed by atoms with Crippen molar-refractivity contribution in [1.82, 2.24) is 10.3 Å². The largest absolute Gasteiger partial charge is 0.311 e. The number of nitrogens with one attached hydrogen (secondary N) is 1. The zero-order valence-corrected chi connectivity index (χ0v) is 12.2. The van der Waals surface area contributed by atoms with Gasteiger partial charge in [0.25, 0.3) is 0 Å². The molecule has 0 unspecified atom stereocenters. The van der Waals surface area contributed by atoms with Crippen LogP contribution in [0.5, 0.6) is 0 Å². The van der Waals surface area contributed by atoms with Gasteiger partial charge >= 0.3 is 0 Å². The monoisotopic (exact) mass is 248 g/mol. The van der Waals surface area contributed by atoms with Crippen molar-refractivity contribution in [2.45, 2.75) is 59.4 Å². The highest BCUT2D eigenvalue weighted by molar-refractivity contribution is 5.11. The minimum absolute atomic E-state index is 0.857. The number of aryl methyl sites for hydroxylation is 1. The first-order valence-electron chi connectivity index (χ1n) is 7.30. The summed E-state index contributed by atoms with van der Waals surface area (Å²) >= 11 is 0. The molecule has 0 aliphatic rings. The fourth-order valence-electron chi connectivity index (χ4n) is 1.98. The molecule has 1 aromatic heterocycles. The van der Waals surface area contributed by atoms with Crippen LogP contribution in [0.25, 0.3) is 0 Å². The van der Waals surface area contributed by atoms with Gasteiger partial charge in [-0.2, -0.15) is 0 Å². The van der Waals surface area contributed by atoms with Gasteiger partial charge in [0.2, 0.25) is 0 Å². The molecule has 2 heteroatoms. The Labute approximate surface area is 112 Å². The van der Waals surface area contributed by atoms with Crippen molar-refractivity contribution in [1.29, 1.82) is 0 Å². The van der Waals surface area contributed by atoms with Crippen molar-refractivity contribution in [2.75, 3.05) is 6.54 Å². The molecule has 0 aliphatic heterocycles. The lowest BCUT2D eigenvalue weighted by Gasteiger charge is -2.06. The molecule has 18 heavy (non-hydrogen) atoms. The Kier molecular flexibility index (Phi) is 7.66. The van der Waals surface area contributed by atoms with Crippen molar-refractivity contribution in [3.63, 3.8) is 0 Å². The number of rotatable bonds is 9. The molecule has 0 amide bonds. The van der Waals surface area contributed by atoms with E-state index >= 15 is 0 Å². The van der Waals surface area contributed by atoms with Crippen molar-refractivity contribution < 1.29 is 0 Å². The summed E-state index contributed by atoms with van der Waals surface area (Å²) in [5.74, 6) is 0.857. The summed E-state index contributed by atoms with van der Waals surface area (Å²) in [6, 6.07) is 4.22. The second-order valence-electron chi connectivity index (χ2n) is 5.60. The van der Waals surface area contributed by atoms with Crippen LogP contribution in [0.3, 0.4) is 0 Å². The Hall–Kier alpha value is -0.890. The first-order chi connectivity index (χ1) is 8.68. The molecule has 0 spiro atoms. The van der Waals surface area contributed by atoms with E-state index in [9.17, 15) is 0 Å². The summed E-state index contributed by atoms with van der Waals surface area (Å²) < 4.78 is 0. The minimum atomic E-state index is 0.857. The summed E-state index contributed by atoms with van der Waals surface area (Å²) in [4.78, 5) is 4.38. The summed E-state index contributed by atoms with van der Waals surface area (Å²) in [6.07, 6.45) is 8.70. The molecule has 0 aromatic carbocycles. The fourth-order valence-corrected chi connectivity index (χ4v) is 1.98. The molecule has 102 valence electrons. The molecule has 0 atom stereocenters. The number of hydrogen-bond acceptors (Lipinski definition) is 2. The Morgan fingerprint density at radius 1 is 1.11 bits per heavy atom. The van der Waals surface area contributed by atoms with Gasteiger partial charge in [0.15, 0.2) is 0 Å². The molecular weight excluding hydrogens is 220 g/mol. The van der Waals surface area contributed by atoms with Gasteiger partial charge in [0.05, 0.1) is 5.69 Å². The maximum atomic E-state index is 4.38. The lowest BCUT2D eigenvalue weighted by Crippen LogP contribution is -2.15. The van der Waals surface area contributed by atoms with Crippen LogP contribution in [-0.2, 0) is 6.54 Å². The van der Waals surface area contributed by atoms with Gasteiger partial charge < -0.3 is 5.32 Å². The van der Waals surface area contributed by atoms with Crippen LogP contribution in [0.15, 0.2) is 18.3 Å². The Morgan fingerprint density at radius 3 is 2.56 bits per heavy atom. The second kappa shape index (κ2) is 9.09. The van der Waals surface area contributed by atoms with Gasteiger partial charge in [-0.3, -0.25) is 4.98 Å². The third kappa shape index (κ3) is 7.44. The molecule has 1 N–H and O–H groups in total. The Morgan fingerprint density at radius 2 is 1.89 bits per heavy atom. The van der Waals surface area contributed by atoms with Crippen LogP contribution in [0, 0.1) is 12.8 Å². The number of nitrogens with zero attached hydrogens (tertiary/aromatic N) is 1. The summed E-state index contributed by atoms with van der Waals surface area (Å²) in [7, 11) is 0. The Balaban J connectivity index is 1.94.